The molecular formula is C9H8ClNO2. The van der Waals surface area contributed by atoms with Gasteiger partial charge in [0, 0.05) is 24.0 Å². The predicted octanol–water partition coefficient (Wildman–Crippen LogP) is 1.92. The molecule has 0 N–H and O–H groups in total. The Morgan fingerprint density at radius 1 is 1.69 bits per heavy atom. The van der Waals surface area contributed by atoms with E-state index in [0.29, 0.717) is 10.6 Å². The second-order valence-electron chi connectivity index (χ2n) is 2.25. The fraction of sp³-hybridized carbons (Fsp3) is 0.111. The van der Waals surface area contributed by atoms with Gasteiger partial charge in [-0.15, -0.1) is 0 Å². The van der Waals surface area contributed by atoms with Gasteiger partial charge in [-0.2, -0.15) is 0 Å². The lowest BCUT2D eigenvalue weighted by Gasteiger charge is -1.94. The highest BCUT2D eigenvalue weighted by Gasteiger charge is 1.96. The molecule has 0 amide bonds. The summed E-state index contributed by atoms with van der Waals surface area (Å²) in [5.41, 5.74) is 0.689. The van der Waals surface area contributed by atoms with Crippen molar-refractivity contribution in [2.75, 3.05) is 7.11 Å². The third-order valence-corrected chi connectivity index (χ3v) is 1.74. The number of nitrogens with zero attached hydrogens (tertiary/aromatic N) is 1. The van der Waals surface area contributed by atoms with E-state index in [1.807, 2.05) is 0 Å². The highest BCUT2D eigenvalue weighted by molar-refractivity contribution is 6.32. The van der Waals surface area contributed by atoms with Crippen LogP contribution in [0.2, 0.25) is 5.02 Å². The second kappa shape index (κ2) is 4.62. The number of pyridine rings is 1. The Balaban J connectivity index is 2.80. The van der Waals surface area contributed by atoms with E-state index in [1.54, 1.807) is 24.5 Å². The van der Waals surface area contributed by atoms with E-state index in [-0.39, 0.29) is 0 Å². The Kier molecular flexibility index (Phi) is 3.46. The van der Waals surface area contributed by atoms with Gasteiger partial charge in [0.1, 0.15) is 0 Å². The van der Waals surface area contributed by atoms with Crippen LogP contribution in [0.5, 0.6) is 0 Å². The summed E-state index contributed by atoms with van der Waals surface area (Å²) < 4.78 is 4.42. The first-order chi connectivity index (χ1) is 6.24. The summed E-state index contributed by atoms with van der Waals surface area (Å²) in [5, 5.41) is 0.551. The smallest absolute Gasteiger partial charge is 0.330 e. The summed E-state index contributed by atoms with van der Waals surface area (Å²) in [7, 11) is 1.32. The van der Waals surface area contributed by atoms with Crippen LogP contribution in [0.15, 0.2) is 24.5 Å². The van der Waals surface area contributed by atoms with Crippen molar-refractivity contribution < 1.29 is 9.53 Å². The topological polar surface area (TPSA) is 39.2 Å². The van der Waals surface area contributed by atoms with Gasteiger partial charge in [0.25, 0.3) is 0 Å². The van der Waals surface area contributed by atoms with E-state index in [4.69, 9.17) is 11.6 Å². The van der Waals surface area contributed by atoms with Crippen LogP contribution in [0.4, 0.5) is 0 Å². The molecule has 0 aliphatic rings. The molecule has 1 aromatic heterocycles. The van der Waals surface area contributed by atoms with Crippen LogP contribution in [0.1, 0.15) is 5.56 Å². The van der Waals surface area contributed by atoms with Gasteiger partial charge >= 0.3 is 5.97 Å². The maximum absolute atomic E-state index is 10.7. The van der Waals surface area contributed by atoms with Crippen LogP contribution in [0.3, 0.4) is 0 Å². The third-order valence-electron chi connectivity index (χ3n) is 1.40. The fourth-order valence-electron chi connectivity index (χ4n) is 0.738. The number of carbonyl (C=O) groups excluding carboxylic acids is 1. The molecule has 0 bridgehead atoms. The van der Waals surface area contributed by atoms with Gasteiger partial charge in [-0.1, -0.05) is 11.6 Å². The molecular weight excluding hydrogens is 190 g/mol. The molecule has 0 saturated carbocycles. The van der Waals surface area contributed by atoms with Gasteiger partial charge in [0.15, 0.2) is 0 Å². The Morgan fingerprint density at radius 2 is 2.46 bits per heavy atom. The van der Waals surface area contributed by atoms with Gasteiger partial charge in [0.05, 0.1) is 12.1 Å². The fourth-order valence-corrected chi connectivity index (χ4v) is 0.906. The number of methoxy groups -OCH3 is 1. The van der Waals surface area contributed by atoms with Crippen molar-refractivity contribution >= 4 is 23.6 Å². The SMILES string of the molecule is COC(=O)/C=C/c1cnccc1Cl. The number of carbonyl (C=O) groups is 1. The molecule has 68 valence electrons. The molecule has 0 atom stereocenters. The normalized spacial score (nSPS) is 10.3. The van der Waals surface area contributed by atoms with Crippen LogP contribution in [0.25, 0.3) is 6.08 Å². The zero-order valence-corrected chi connectivity index (χ0v) is 7.78. The molecule has 1 heterocycles. The van der Waals surface area contributed by atoms with Crippen molar-refractivity contribution in [3.63, 3.8) is 0 Å². The van der Waals surface area contributed by atoms with Crippen molar-refractivity contribution in [3.05, 3.63) is 35.1 Å². The van der Waals surface area contributed by atoms with E-state index in [1.165, 1.54) is 13.2 Å². The van der Waals surface area contributed by atoms with E-state index in [2.05, 4.69) is 9.72 Å². The number of esters is 1. The quantitative estimate of drug-likeness (QED) is 0.537. The molecule has 0 aromatic carbocycles. The number of halogens is 1. The highest BCUT2D eigenvalue weighted by atomic mass is 35.5. The molecule has 0 fully saturated rings. The maximum atomic E-state index is 10.7. The zero-order chi connectivity index (χ0) is 9.68. The lowest BCUT2D eigenvalue weighted by Crippen LogP contribution is -1.93. The molecule has 0 saturated heterocycles. The first kappa shape index (κ1) is 9.74. The van der Waals surface area contributed by atoms with Crippen LogP contribution < -0.4 is 0 Å². The monoisotopic (exact) mass is 197 g/mol. The minimum Gasteiger partial charge on any atom is -0.466 e. The van der Waals surface area contributed by atoms with Crippen LogP contribution in [-0.4, -0.2) is 18.1 Å². The standard InChI is InChI=1S/C9H8ClNO2/c1-13-9(12)3-2-7-6-11-5-4-8(7)10/h2-6H,1H3/b3-2+. The molecule has 0 unspecified atom stereocenters. The Hall–Kier alpha value is -1.35. The van der Waals surface area contributed by atoms with Crippen LogP contribution in [-0.2, 0) is 9.53 Å². The van der Waals surface area contributed by atoms with Gasteiger partial charge in [-0.25, -0.2) is 4.79 Å². The Morgan fingerprint density at radius 3 is 3.08 bits per heavy atom. The Labute approximate surface area is 81.0 Å². The largest absolute Gasteiger partial charge is 0.466 e. The summed E-state index contributed by atoms with van der Waals surface area (Å²) in [6, 6.07) is 1.65. The minimum absolute atomic E-state index is 0.417. The maximum Gasteiger partial charge on any atom is 0.330 e. The average molecular weight is 198 g/mol. The van der Waals surface area contributed by atoms with E-state index < -0.39 is 5.97 Å². The number of rotatable bonds is 2. The van der Waals surface area contributed by atoms with Crippen LogP contribution >= 0.6 is 11.6 Å². The van der Waals surface area contributed by atoms with Gasteiger partial charge in [-0.3, -0.25) is 4.98 Å². The van der Waals surface area contributed by atoms with Crippen molar-refractivity contribution in [1.82, 2.24) is 4.98 Å². The number of hydrogen-bond donors (Lipinski definition) is 0. The lowest BCUT2D eigenvalue weighted by atomic mass is 10.2. The van der Waals surface area contributed by atoms with E-state index in [0.717, 1.165) is 0 Å². The molecule has 13 heavy (non-hydrogen) atoms. The first-order valence-corrected chi connectivity index (χ1v) is 3.97. The minimum atomic E-state index is -0.417. The summed E-state index contributed by atoms with van der Waals surface area (Å²) in [4.78, 5) is 14.6. The molecule has 4 heteroatoms. The predicted molar refractivity (Wildman–Crippen MR) is 50.3 cm³/mol. The van der Waals surface area contributed by atoms with Crippen molar-refractivity contribution in [1.29, 1.82) is 0 Å². The van der Waals surface area contributed by atoms with Crippen molar-refractivity contribution in [2.45, 2.75) is 0 Å². The zero-order valence-electron chi connectivity index (χ0n) is 7.03. The molecule has 1 aromatic rings. The summed E-state index contributed by atoms with van der Waals surface area (Å²) >= 11 is 5.81. The molecule has 0 spiro atoms. The molecule has 1 rings (SSSR count). The summed E-state index contributed by atoms with van der Waals surface area (Å²) in [6.07, 6.45) is 6.00. The summed E-state index contributed by atoms with van der Waals surface area (Å²) in [5.74, 6) is -0.417. The van der Waals surface area contributed by atoms with Crippen molar-refractivity contribution in [2.24, 2.45) is 0 Å². The van der Waals surface area contributed by atoms with Gasteiger partial charge in [-0.05, 0) is 12.1 Å². The van der Waals surface area contributed by atoms with Gasteiger partial charge < -0.3 is 4.74 Å². The average Bonchev–Trinajstić information content (AvgIpc) is 2.16. The molecule has 0 aliphatic heterocycles. The number of hydrogen-bond acceptors (Lipinski definition) is 3. The second-order valence-corrected chi connectivity index (χ2v) is 2.66. The molecule has 3 nitrogen and oxygen atoms in total. The summed E-state index contributed by atoms with van der Waals surface area (Å²) in [6.45, 7) is 0. The lowest BCUT2D eigenvalue weighted by molar-refractivity contribution is -0.134. The van der Waals surface area contributed by atoms with E-state index >= 15 is 0 Å². The Bertz CT molecular complexity index is 336. The van der Waals surface area contributed by atoms with Crippen LogP contribution in [0, 0.1) is 0 Å². The van der Waals surface area contributed by atoms with E-state index in [9.17, 15) is 4.79 Å². The number of ether oxygens (including phenoxy) is 1. The molecule has 0 radical (unpaired) electrons. The third kappa shape index (κ3) is 2.87. The van der Waals surface area contributed by atoms with Gasteiger partial charge in [0.2, 0.25) is 0 Å². The molecule has 0 aliphatic carbocycles. The highest BCUT2D eigenvalue weighted by Crippen LogP contribution is 2.14. The first-order valence-electron chi connectivity index (χ1n) is 3.59. The van der Waals surface area contributed by atoms with Crippen molar-refractivity contribution in [3.8, 4) is 0 Å². The number of aromatic nitrogens is 1.